The fraction of sp³-hybridized carbons (Fsp3) is 0.867. The van der Waals surface area contributed by atoms with Crippen molar-refractivity contribution in [1.82, 2.24) is 15.5 Å². The van der Waals surface area contributed by atoms with Gasteiger partial charge in [0.05, 0.1) is 6.42 Å². The first kappa shape index (κ1) is 19.7. The summed E-state index contributed by atoms with van der Waals surface area (Å²) in [6.07, 6.45) is 2.52. The number of hydrogen-bond acceptors (Lipinski definition) is 3. The van der Waals surface area contributed by atoms with E-state index in [9.17, 15) is 9.59 Å². The third-order valence-electron chi connectivity index (χ3n) is 3.63. The molecule has 0 bridgehead atoms. The van der Waals surface area contributed by atoms with Gasteiger partial charge in [-0.05, 0) is 45.8 Å². The SMILES string of the molecule is CCC(CC(=O)O)NC(=O)NC(C)CCCN(CC)CC. The van der Waals surface area contributed by atoms with E-state index in [0.717, 1.165) is 32.5 Å². The molecule has 0 aromatic carbocycles. The molecule has 0 aliphatic rings. The van der Waals surface area contributed by atoms with Gasteiger partial charge in [0.25, 0.3) is 0 Å². The molecule has 0 aliphatic carbocycles. The van der Waals surface area contributed by atoms with Gasteiger partial charge in [-0.2, -0.15) is 0 Å². The Bertz CT molecular complexity index is 307. The van der Waals surface area contributed by atoms with Gasteiger partial charge in [0.1, 0.15) is 0 Å². The Morgan fingerprint density at radius 2 is 1.76 bits per heavy atom. The van der Waals surface area contributed by atoms with Crippen LogP contribution < -0.4 is 10.6 Å². The van der Waals surface area contributed by atoms with Gasteiger partial charge in [0.2, 0.25) is 0 Å². The highest BCUT2D eigenvalue weighted by Gasteiger charge is 2.15. The molecule has 2 amide bonds. The van der Waals surface area contributed by atoms with Crippen molar-refractivity contribution in [3.05, 3.63) is 0 Å². The van der Waals surface area contributed by atoms with Crippen LogP contribution in [-0.2, 0) is 4.79 Å². The topological polar surface area (TPSA) is 81.7 Å². The first-order chi connectivity index (χ1) is 9.92. The zero-order valence-electron chi connectivity index (χ0n) is 13.8. The van der Waals surface area contributed by atoms with E-state index in [1.165, 1.54) is 0 Å². The molecule has 0 spiro atoms. The third kappa shape index (κ3) is 10.1. The molecule has 2 atom stereocenters. The van der Waals surface area contributed by atoms with Crippen LogP contribution in [-0.4, -0.2) is 53.7 Å². The van der Waals surface area contributed by atoms with Crippen molar-refractivity contribution in [3.63, 3.8) is 0 Å². The van der Waals surface area contributed by atoms with Crippen molar-refractivity contribution in [2.45, 2.75) is 65.5 Å². The molecule has 124 valence electrons. The van der Waals surface area contributed by atoms with Crippen molar-refractivity contribution in [2.75, 3.05) is 19.6 Å². The van der Waals surface area contributed by atoms with Gasteiger partial charge in [-0.3, -0.25) is 4.79 Å². The van der Waals surface area contributed by atoms with Crippen molar-refractivity contribution >= 4 is 12.0 Å². The van der Waals surface area contributed by atoms with Gasteiger partial charge >= 0.3 is 12.0 Å². The molecule has 0 aromatic heterocycles. The van der Waals surface area contributed by atoms with E-state index in [2.05, 4.69) is 29.4 Å². The molecule has 0 saturated heterocycles. The summed E-state index contributed by atoms with van der Waals surface area (Å²) in [6.45, 7) is 11.3. The summed E-state index contributed by atoms with van der Waals surface area (Å²) in [5.74, 6) is -0.894. The third-order valence-corrected chi connectivity index (χ3v) is 3.63. The smallest absolute Gasteiger partial charge is 0.315 e. The van der Waals surface area contributed by atoms with E-state index in [4.69, 9.17) is 5.11 Å². The average Bonchev–Trinajstić information content (AvgIpc) is 2.42. The number of carboxylic acids is 1. The van der Waals surface area contributed by atoms with Gasteiger partial charge in [-0.25, -0.2) is 4.79 Å². The molecule has 21 heavy (non-hydrogen) atoms. The Morgan fingerprint density at radius 1 is 1.14 bits per heavy atom. The summed E-state index contributed by atoms with van der Waals surface area (Å²) in [6, 6.07) is -0.508. The normalized spacial score (nSPS) is 13.8. The van der Waals surface area contributed by atoms with E-state index in [-0.39, 0.29) is 24.5 Å². The Balaban J connectivity index is 3.94. The predicted molar refractivity (Wildman–Crippen MR) is 84.5 cm³/mol. The lowest BCUT2D eigenvalue weighted by atomic mass is 10.1. The maximum Gasteiger partial charge on any atom is 0.315 e. The standard InChI is InChI=1S/C15H31N3O3/c1-5-13(11-14(19)20)17-15(21)16-12(4)9-8-10-18(6-2)7-3/h12-13H,5-11H2,1-4H3,(H,19,20)(H2,16,17,21). The quantitative estimate of drug-likeness (QED) is 0.545. The first-order valence-corrected chi connectivity index (χ1v) is 7.93. The number of nitrogens with zero attached hydrogens (tertiary/aromatic N) is 1. The maximum atomic E-state index is 11.8. The van der Waals surface area contributed by atoms with Crippen LogP contribution in [0.4, 0.5) is 4.79 Å². The number of carboxylic acid groups (broad SMARTS) is 1. The van der Waals surface area contributed by atoms with E-state index < -0.39 is 5.97 Å². The molecule has 6 nitrogen and oxygen atoms in total. The lowest BCUT2D eigenvalue weighted by Gasteiger charge is -2.21. The van der Waals surface area contributed by atoms with Gasteiger partial charge < -0.3 is 20.6 Å². The number of rotatable bonds is 11. The molecule has 0 aliphatic heterocycles. The van der Waals surface area contributed by atoms with Gasteiger partial charge in [0.15, 0.2) is 0 Å². The second-order valence-electron chi connectivity index (χ2n) is 5.39. The minimum Gasteiger partial charge on any atom is -0.481 e. The zero-order chi connectivity index (χ0) is 16.3. The second kappa shape index (κ2) is 11.4. The minimum absolute atomic E-state index is 0.0414. The number of nitrogens with one attached hydrogen (secondary N) is 2. The van der Waals surface area contributed by atoms with Crippen LogP contribution in [0.3, 0.4) is 0 Å². The van der Waals surface area contributed by atoms with Crippen molar-refractivity contribution in [3.8, 4) is 0 Å². The monoisotopic (exact) mass is 301 g/mol. The number of hydrogen-bond donors (Lipinski definition) is 3. The molecule has 0 fully saturated rings. The summed E-state index contributed by atoms with van der Waals surface area (Å²) < 4.78 is 0. The summed E-state index contributed by atoms with van der Waals surface area (Å²) in [5, 5.41) is 14.3. The summed E-state index contributed by atoms with van der Waals surface area (Å²) in [4.78, 5) is 24.8. The predicted octanol–water partition coefficient (Wildman–Crippen LogP) is 2.05. The van der Waals surface area contributed by atoms with Crippen LogP contribution in [0.25, 0.3) is 0 Å². The Labute approximate surface area is 128 Å². The first-order valence-electron chi connectivity index (χ1n) is 7.93. The molecule has 0 heterocycles. The summed E-state index contributed by atoms with van der Waals surface area (Å²) in [7, 11) is 0. The number of amides is 2. The largest absolute Gasteiger partial charge is 0.481 e. The number of aliphatic carboxylic acids is 1. The highest BCUT2D eigenvalue weighted by atomic mass is 16.4. The Kier molecular flexibility index (Phi) is 10.7. The molecular weight excluding hydrogens is 270 g/mol. The number of carbonyl (C=O) groups excluding carboxylic acids is 1. The molecule has 3 N–H and O–H groups in total. The van der Waals surface area contributed by atoms with E-state index >= 15 is 0 Å². The highest BCUT2D eigenvalue weighted by molar-refractivity contribution is 5.75. The van der Waals surface area contributed by atoms with Crippen molar-refractivity contribution < 1.29 is 14.7 Å². The highest BCUT2D eigenvalue weighted by Crippen LogP contribution is 2.01. The fourth-order valence-corrected chi connectivity index (χ4v) is 2.19. The van der Waals surface area contributed by atoms with Crippen LogP contribution in [0.15, 0.2) is 0 Å². The molecule has 0 radical (unpaired) electrons. The van der Waals surface area contributed by atoms with Gasteiger partial charge in [0, 0.05) is 12.1 Å². The second-order valence-corrected chi connectivity index (χ2v) is 5.39. The van der Waals surface area contributed by atoms with Crippen LogP contribution in [0, 0.1) is 0 Å². The number of urea groups is 1. The fourth-order valence-electron chi connectivity index (χ4n) is 2.19. The van der Waals surface area contributed by atoms with Crippen LogP contribution in [0.2, 0.25) is 0 Å². The van der Waals surface area contributed by atoms with Crippen molar-refractivity contribution in [1.29, 1.82) is 0 Å². The van der Waals surface area contributed by atoms with E-state index in [0.29, 0.717) is 6.42 Å². The van der Waals surface area contributed by atoms with E-state index in [1.54, 1.807) is 0 Å². The van der Waals surface area contributed by atoms with Crippen LogP contribution >= 0.6 is 0 Å². The maximum absolute atomic E-state index is 11.8. The molecule has 0 rings (SSSR count). The van der Waals surface area contributed by atoms with Gasteiger partial charge in [-0.1, -0.05) is 20.8 Å². The summed E-state index contributed by atoms with van der Waals surface area (Å²) in [5.41, 5.74) is 0. The van der Waals surface area contributed by atoms with Crippen molar-refractivity contribution in [2.24, 2.45) is 0 Å². The molecule has 0 aromatic rings. The zero-order valence-corrected chi connectivity index (χ0v) is 13.8. The van der Waals surface area contributed by atoms with Crippen LogP contribution in [0.1, 0.15) is 53.4 Å². The molecule has 0 saturated carbocycles. The lowest BCUT2D eigenvalue weighted by molar-refractivity contribution is -0.137. The summed E-state index contributed by atoms with van der Waals surface area (Å²) >= 11 is 0. The van der Waals surface area contributed by atoms with E-state index in [1.807, 2.05) is 13.8 Å². The Hall–Kier alpha value is -1.30. The van der Waals surface area contributed by atoms with Gasteiger partial charge in [-0.15, -0.1) is 0 Å². The molecule has 2 unspecified atom stereocenters. The molecular formula is C15H31N3O3. The minimum atomic E-state index is -0.894. The Morgan fingerprint density at radius 3 is 2.24 bits per heavy atom. The van der Waals surface area contributed by atoms with Crippen LogP contribution in [0.5, 0.6) is 0 Å². The average molecular weight is 301 g/mol. The molecule has 6 heteroatoms. The number of carbonyl (C=O) groups is 2. The lowest BCUT2D eigenvalue weighted by Crippen LogP contribution is -2.46.